The van der Waals surface area contributed by atoms with Gasteiger partial charge in [-0.25, -0.2) is 0 Å². The van der Waals surface area contributed by atoms with Crippen LogP contribution >= 0.6 is 0 Å². The highest BCUT2D eigenvalue weighted by Crippen LogP contribution is 2.09. The molecule has 0 aliphatic carbocycles. The lowest BCUT2D eigenvalue weighted by Crippen LogP contribution is -2.04. The van der Waals surface area contributed by atoms with Crippen LogP contribution in [0.25, 0.3) is 0 Å². The van der Waals surface area contributed by atoms with Crippen molar-refractivity contribution in [2.45, 2.75) is 104 Å². The van der Waals surface area contributed by atoms with Crippen LogP contribution in [0.1, 0.15) is 104 Å². The number of unbranched alkanes of at least 4 members (excludes halogenated alkanes) is 12. The molecular formula is C22H44O2. The smallest absolute Gasteiger partial charge is 0.0700 e. The Labute approximate surface area is 152 Å². The van der Waals surface area contributed by atoms with Crippen molar-refractivity contribution in [2.75, 3.05) is 26.4 Å². The van der Waals surface area contributed by atoms with Gasteiger partial charge in [-0.15, -0.1) is 0 Å². The van der Waals surface area contributed by atoms with E-state index < -0.39 is 0 Å². The van der Waals surface area contributed by atoms with Gasteiger partial charge in [-0.1, -0.05) is 76.9 Å². The summed E-state index contributed by atoms with van der Waals surface area (Å²) in [5.74, 6) is 0. The van der Waals surface area contributed by atoms with E-state index in [9.17, 15) is 0 Å². The van der Waals surface area contributed by atoms with Gasteiger partial charge in [0.1, 0.15) is 0 Å². The summed E-state index contributed by atoms with van der Waals surface area (Å²) in [5, 5.41) is 0. The normalized spacial score (nSPS) is 11.6. The fourth-order valence-electron chi connectivity index (χ4n) is 2.82. The summed E-state index contributed by atoms with van der Waals surface area (Å²) in [5.41, 5.74) is 0. The van der Waals surface area contributed by atoms with Gasteiger partial charge >= 0.3 is 0 Å². The first-order chi connectivity index (χ1) is 11.9. The molecule has 144 valence electrons. The zero-order valence-electron chi connectivity index (χ0n) is 16.7. The average Bonchev–Trinajstić information content (AvgIpc) is 2.60. The average molecular weight is 341 g/mol. The van der Waals surface area contributed by atoms with Gasteiger partial charge in [0.05, 0.1) is 13.2 Å². The number of rotatable bonds is 20. The first-order valence-electron chi connectivity index (χ1n) is 10.7. The van der Waals surface area contributed by atoms with E-state index in [4.69, 9.17) is 9.47 Å². The quantitative estimate of drug-likeness (QED) is 0.174. The lowest BCUT2D eigenvalue weighted by molar-refractivity contribution is 0.0512. The van der Waals surface area contributed by atoms with E-state index in [-0.39, 0.29) is 0 Å². The summed E-state index contributed by atoms with van der Waals surface area (Å²) in [6.07, 6.45) is 23.8. The van der Waals surface area contributed by atoms with E-state index >= 15 is 0 Å². The molecule has 0 rings (SSSR count). The largest absolute Gasteiger partial charge is 0.379 e. The molecule has 0 saturated heterocycles. The molecule has 2 heteroatoms. The van der Waals surface area contributed by atoms with E-state index in [1.807, 2.05) is 6.92 Å². The zero-order chi connectivity index (χ0) is 17.6. The minimum Gasteiger partial charge on any atom is -0.379 e. The molecule has 0 fully saturated rings. The Morgan fingerprint density at radius 1 is 0.500 bits per heavy atom. The molecule has 0 aliphatic rings. The van der Waals surface area contributed by atoms with Crippen molar-refractivity contribution in [1.82, 2.24) is 0 Å². The maximum Gasteiger partial charge on any atom is 0.0700 e. The first-order valence-corrected chi connectivity index (χ1v) is 10.7. The Morgan fingerprint density at radius 3 is 1.58 bits per heavy atom. The van der Waals surface area contributed by atoms with Crippen molar-refractivity contribution in [3.63, 3.8) is 0 Å². The summed E-state index contributed by atoms with van der Waals surface area (Å²) in [6, 6.07) is 0. The van der Waals surface area contributed by atoms with Crippen LogP contribution in [0.2, 0.25) is 0 Å². The first kappa shape index (κ1) is 23.7. The second-order valence-electron chi connectivity index (χ2n) is 6.75. The molecule has 0 amide bonds. The van der Waals surface area contributed by atoms with Gasteiger partial charge < -0.3 is 9.47 Å². The molecule has 0 atom stereocenters. The van der Waals surface area contributed by atoms with E-state index in [1.54, 1.807) is 0 Å². The highest BCUT2D eigenvalue weighted by Gasteiger charge is 1.93. The maximum absolute atomic E-state index is 5.52. The van der Waals surface area contributed by atoms with Gasteiger partial charge in [0, 0.05) is 13.2 Å². The van der Waals surface area contributed by atoms with Crippen LogP contribution in [0, 0.1) is 0 Å². The molecule has 0 heterocycles. The topological polar surface area (TPSA) is 18.5 Å². The van der Waals surface area contributed by atoms with Gasteiger partial charge in [0.25, 0.3) is 0 Å². The second kappa shape index (κ2) is 22.7. The molecule has 0 spiro atoms. The van der Waals surface area contributed by atoms with Crippen LogP contribution in [0.5, 0.6) is 0 Å². The molecule has 0 N–H and O–H groups in total. The summed E-state index contributed by atoms with van der Waals surface area (Å²) in [7, 11) is 0. The molecule has 0 saturated carbocycles. The maximum atomic E-state index is 5.52. The third-order valence-corrected chi connectivity index (χ3v) is 4.38. The van der Waals surface area contributed by atoms with Crippen molar-refractivity contribution in [2.24, 2.45) is 0 Å². The Balaban J connectivity index is 3.03. The van der Waals surface area contributed by atoms with E-state index in [0.717, 1.165) is 26.4 Å². The van der Waals surface area contributed by atoms with E-state index in [0.29, 0.717) is 0 Å². The second-order valence-corrected chi connectivity index (χ2v) is 6.75. The van der Waals surface area contributed by atoms with Crippen LogP contribution in [0.3, 0.4) is 0 Å². The number of hydrogen-bond donors (Lipinski definition) is 0. The third kappa shape index (κ3) is 21.7. The molecule has 0 aromatic carbocycles. The van der Waals surface area contributed by atoms with Crippen molar-refractivity contribution in [1.29, 1.82) is 0 Å². The summed E-state index contributed by atoms with van der Waals surface area (Å²) < 4.78 is 10.8. The zero-order valence-corrected chi connectivity index (χ0v) is 16.7. The monoisotopic (exact) mass is 340 g/mol. The van der Waals surface area contributed by atoms with Crippen molar-refractivity contribution < 1.29 is 9.47 Å². The fourth-order valence-corrected chi connectivity index (χ4v) is 2.82. The summed E-state index contributed by atoms with van der Waals surface area (Å²) in [6.45, 7) is 7.47. The van der Waals surface area contributed by atoms with E-state index in [1.165, 1.54) is 89.9 Å². The predicted molar refractivity (Wildman–Crippen MR) is 107 cm³/mol. The Bertz CT molecular complexity index is 238. The number of ether oxygens (including phenoxy) is 2. The molecule has 0 aromatic rings. The third-order valence-electron chi connectivity index (χ3n) is 4.38. The van der Waals surface area contributed by atoms with Gasteiger partial charge in [-0.05, 0) is 39.0 Å². The lowest BCUT2D eigenvalue weighted by Gasteiger charge is -2.04. The van der Waals surface area contributed by atoms with E-state index in [2.05, 4.69) is 19.1 Å². The number of allylic oxidation sites excluding steroid dienone is 2. The standard InChI is InChI=1S/C22H44O2/c1-3-5-6-7-8-9-10-11-12-13-14-15-16-17-18-19-20-24-22-21-23-4-2/h11-12H,3-10,13-22H2,1-2H3/b12-11-. The molecule has 0 unspecified atom stereocenters. The molecule has 0 bridgehead atoms. The van der Waals surface area contributed by atoms with Crippen LogP contribution in [0.15, 0.2) is 12.2 Å². The van der Waals surface area contributed by atoms with Crippen LogP contribution in [-0.2, 0) is 9.47 Å². The van der Waals surface area contributed by atoms with Crippen molar-refractivity contribution in [3.8, 4) is 0 Å². The minimum atomic E-state index is 0.739. The highest BCUT2D eigenvalue weighted by molar-refractivity contribution is 4.81. The fraction of sp³-hybridized carbons (Fsp3) is 0.909. The van der Waals surface area contributed by atoms with Gasteiger partial charge in [-0.2, -0.15) is 0 Å². The highest BCUT2D eigenvalue weighted by atomic mass is 16.5. The SMILES string of the molecule is CCCCCCCC/C=C\CCCCCCCCOCCOCC. The molecule has 0 aliphatic heterocycles. The Hall–Kier alpha value is -0.340. The Kier molecular flexibility index (Phi) is 22.3. The van der Waals surface area contributed by atoms with Crippen molar-refractivity contribution >= 4 is 0 Å². The molecular weight excluding hydrogens is 296 g/mol. The molecule has 0 aromatic heterocycles. The van der Waals surface area contributed by atoms with Crippen molar-refractivity contribution in [3.05, 3.63) is 12.2 Å². The molecule has 24 heavy (non-hydrogen) atoms. The van der Waals surface area contributed by atoms with Gasteiger partial charge in [0.15, 0.2) is 0 Å². The van der Waals surface area contributed by atoms with Crippen LogP contribution < -0.4 is 0 Å². The lowest BCUT2D eigenvalue weighted by atomic mass is 10.1. The van der Waals surface area contributed by atoms with Gasteiger partial charge in [-0.3, -0.25) is 0 Å². The minimum absolute atomic E-state index is 0.739. The number of hydrogen-bond acceptors (Lipinski definition) is 2. The van der Waals surface area contributed by atoms with Gasteiger partial charge in [0.2, 0.25) is 0 Å². The predicted octanol–water partition coefficient (Wildman–Crippen LogP) is 7.08. The van der Waals surface area contributed by atoms with Crippen LogP contribution in [-0.4, -0.2) is 26.4 Å². The molecule has 0 radical (unpaired) electrons. The molecule has 2 nitrogen and oxygen atoms in total. The summed E-state index contributed by atoms with van der Waals surface area (Å²) >= 11 is 0. The Morgan fingerprint density at radius 2 is 1.00 bits per heavy atom. The van der Waals surface area contributed by atoms with Crippen LogP contribution in [0.4, 0.5) is 0 Å². The summed E-state index contributed by atoms with van der Waals surface area (Å²) in [4.78, 5) is 0.